The van der Waals surface area contributed by atoms with Gasteiger partial charge in [-0.15, -0.1) is 0 Å². The second-order valence-electron chi connectivity index (χ2n) is 9.28. The highest BCUT2D eigenvalue weighted by atomic mass is 16.5. The maximum Gasteiger partial charge on any atom is 0.240 e. The number of carbonyl (C=O) groups is 1. The first kappa shape index (κ1) is 22.0. The Balaban J connectivity index is 1.30. The van der Waals surface area contributed by atoms with Crippen molar-refractivity contribution in [2.45, 2.75) is 45.1 Å². The van der Waals surface area contributed by atoms with Gasteiger partial charge < -0.3 is 9.47 Å². The van der Waals surface area contributed by atoms with Crippen LogP contribution in [0.15, 0.2) is 47.6 Å². The monoisotopic (exact) mass is 447 g/mol. The van der Waals surface area contributed by atoms with Gasteiger partial charge in [0.2, 0.25) is 5.91 Å². The van der Waals surface area contributed by atoms with Crippen LogP contribution in [0.4, 0.5) is 0 Å². The summed E-state index contributed by atoms with van der Waals surface area (Å²) in [4.78, 5) is 15.0. The summed E-state index contributed by atoms with van der Waals surface area (Å²) in [5.41, 5.74) is 4.50. The van der Waals surface area contributed by atoms with Crippen LogP contribution in [0.2, 0.25) is 0 Å². The van der Waals surface area contributed by atoms with E-state index in [1.807, 2.05) is 18.2 Å². The summed E-state index contributed by atoms with van der Waals surface area (Å²) in [5, 5.41) is 6.48. The molecule has 2 aromatic rings. The lowest BCUT2D eigenvalue weighted by molar-refractivity contribution is -0.131. The smallest absolute Gasteiger partial charge is 0.240 e. The van der Waals surface area contributed by atoms with Gasteiger partial charge in [0.15, 0.2) is 0 Å². The molecule has 5 rings (SSSR count). The highest BCUT2D eigenvalue weighted by molar-refractivity contribution is 6.06. The van der Waals surface area contributed by atoms with E-state index in [2.05, 4.69) is 29.2 Å². The third kappa shape index (κ3) is 4.49. The number of carbonyl (C=O) groups excluding carboxylic acids is 1. The zero-order chi connectivity index (χ0) is 22.8. The molecule has 1 amide bonds. The molecule has 3 aliphatic rings. The third-order valence-corrected chi connectivity index (χ3v) is 7.19. The molecule has 0 saturated carbocycles. The highest BCUT2D eigenvalue weighted by Gasteiger charge is 2.43. The molecular formula is C27H33N3O3. The average molecular weight is 448 g/mol. The first-order chi connectivity index (χ1) is 16.1. The van der Waals surface area contributed by atoms with Gasteiger partial charge in [-0.25, -0.2) is 5.01 Å². The largest absolute Gasteiger partial charge is 0.497 e. The van der Waals surface area contributed by atoms with Gasteiger partial charge >= 0.3 is 0 Å². The van der Waals surface area contributed by atoms with Crippen LogP contribution in [0.1, 0.15) is 55.3 Å². The number of fused-ring (bicyclic) bond motifs is 3. The molecule has 174 valence electrons. The molecule has 2 heterocycles. The van der Waals surface area contributed by atoms with Crippen LogP contribution in [0.25, 0.3) is 0 Å². The van der Waals surface area contributed by atoms with E-state index in [1.165, 1.54) is 37.9 Å². The van der Waals surface area contributed by atoms with Crippen molar-refractivity contribution in [2.75, 3.05) is 33.4 Å². The predicted octanol–water partition coefficient (Wildman–Crippen LogP) is 4.43. The minimum Gasteiger partial charge on any atom is -0.497 e. The van der Waals surface area contributed by atoms with Crippen molar-refractivity contribution in [3.8, 4) is 11.5 Å². The Bertz CT molecular complexity index is 1030. The van der Waals surface area contributed by atoms with Crippen molar-refractivity contribution >= 4 is 11.6 Å². The summed E-state index contributed by atoms with van der Waals surface area (Å²) < 4.78 is 11.4. The summed E-state index contributed by atoms with van der Waals surface area (Å²) in [6, 6.07) is 14.3. The molecule has 33 heavy (non-hydrogen) atoms. The van der Waals surface area contributed by atoms with Crippen molar-refractivity contribution < 1.29 is 14.3 Å². The Morgan fingerprint density at radius 2 is 1.82 bits per heavy atom. The summed E-state index contributed by atoms with van der Waals surface area (Å²) in [5.74, 6) is 1.91. The number of piperidine rings is 1. The Labute approximate surface area is 196 Å². The first-order valence-corrected chi connectivity index (χ1v) is 12.1. The van der Waals surface area contributed by atoms with Crippen molar-refractivity contribution in [3.63, 3.8) is 0 Å². The molecule has 0 aromatic heterocycles. The molecule has 2 unspecified atom stereocenters. The van der Waals surface area contributed by atoms with Crippen LogP contribution in [0.5, 0.6) is 11.5 Å². The summed E-state index contributed by atoms with van der Waals surface area (Å²) >= 11 is 0. The van der Waals surface area contributed by atoms with Crippen LogP contribution in [-0.2, 0) is 11.2 Å². The molecule has 2 atom stereocenters. The number of methoxy groups -OCH3 is 1. The fraction of sp³-hybridized carbons (Fsp3) is 0.481. The van der Waals surface area contributed by atoms with Crippen molar-refractivity contribution in [1.82, 2.24) is 9.91 Å². The molecule has 0 N–H and O–H groups in total. The minimum absolute atomic E-state index is 0.0289. The molecule has 1 aliphatic carbocycles. The molecule has 2 aliphatic heterocycles. The number of benzene rings is 2. The lowest BCUT2D eigenvalue weighted by Crippen LogP contribution is -2.33. The van der Waals surface area contributed by atoms with E-state index < -0.39 is 0 Å². The van der Waals surface area contributed by atoms with Gasteiger partial charge in [-0.1, -0.05) is 18.6 Å². The Hall–Kier alpha value is -2.86. The van der Waals surface area contributed by atoms with E-state index >= 15 is 0 Å². The van der Waals surface area contributed by atoms with E-state index in [1.54, 1.807) is 19.0 Å². The second-order valence-corrected chi connectivity index (χ2v) is 9.28. The van der Waals surface area contributed by atoms with E-state index in [9.17, 15) is 4.79 Å². The first-order valence-electron chi connectivity index (χ1n) is 12.1. The van der Waals surface area contributed by atoms with Crippen LogP contribution in [0.3, 0.4) is 0 Å². The van der Waals surface area contributed by atoms with E-state index in [-0.39, 0.29) is 17.9 Å². The minimum atomic E-state index is -0.0739. The normalized spacial score (nSPS) is 22.4. The standard InChI is InChI=1S/C27H33N3O3/c1-19(31)30-27(25-12-8-21-18-23(32-2)11-13-24(21)26(25)28-30)20-6-9-22(10-7-20)33-17-16-29-14-4-3-5-15-29/h6-7,9-11,13,18,25,27H,3-5,8,12,14-17H2,1-2H3. The number of hydrogen-bond acceptors (Lipinski definition) is 5. The van der Waals surface area contributed by atoms with Crippen LogP contribution < -0.4 is 9.47 Å². The Morgan fingerprint density at radius 1 is 1.06 bits per heavy atom. The van der Waals surface area contributed by atoms with E-state index in [0.717, 1.165) is 47.7 Å². The van der Waals surface area contributed by atoms with Gasteiger partial charge in [0.25, 0.3) is 0 Å². The molecule has 0 radical (unpaired) electrons. The van der Waals surface area contributed by atoms with Gasteiger partial charge in [0.05, 0.1) is 18.9 Å². The van der Waals surface area contributed by atoms with Gasteiger partial charge in [-0.2, -0.15) is 5.10 Å². The summed E-state index contributed by atoms with van der Waals surface area (Å²) in [6.07, 6.45) is 5.86. The lowest BCUT2D eigenvalue weighted by atomic mass is 9.77. The SMILES string of the molecule is COc1ccc2c(c1)CCC1C2=NN(C(C)=O)C1c1ccc(OCCN2CCCCC2)cc1. The highest BCUT2D eigenvalue weighted by Crippen LogP contribution is 2.44. The summed E-state index contributed by atoms with van der Waals surface area (Å²) in [7, 11) is 1.69. The van der Waals surface area contributed by atoms with Crippen molar-refractivity contribution in [3.05, 3.63) is 59.2 Å². The van der Waals surface area contributed by atoms with Crippen molar-refractivity contribution in [2.24, 2.45) is 11.0 Å². The number of aryl methyl sites for hydroxylation is 1. The second kappa shape index (κ2) is 9.56. The Kier molecular flexibility index (Phi) is 6.36. The predicted molar refractivity (Wildman–Crippen MR) is 129 cm³/mol. The maximum absolute atomic E-state index is 12.5. The van der Waals surface area contributed by atoms with Gasteiger partial charge in [0, 0.05) is 24.9 Å². The van der Waals surface area contributed by atoms with E-state index in [0.29, 0.717) is 6.61 Å². The fourth-order valence-electron chi connectivity index (χ4n) is 5.46. The zero-order valence-electron chi connectivity index (χ0n) is 19.6. The van der Waals surface area contributed by atoms with Crippen LogP contribution in [0, 0.1) is 5.92 Å². The van der Waals surface area contributed by atoms with Crippen molar-refractivity contribution in [1.29, 1.82) is 0 Å². The molecule has 6 nitrogen and oxygen atoms in total. The molecule has 2 aromatic carbocycles. The molecule has 0 spiro atoms. The molecule has 6 heteroatoms. The topological polar surface area (TPSA) is 54.4 Å². The quantitative estimate of drug-likeness (QED) is 0.657. The lowest BCUT2D eigenvalue weighted by Gasteiger charge is -2.29. The van der Waals surface area contributed by atoms with Gasteiger partial charge in [-0.05, 0) is 80.2 Å². The van der Waals surface area contributed by atoms with E-state index in [4.69, 9.17) is 14.6 Å². The molecular weight excluding hydrogens is 414 g/mol. The molecule has 1 fully saturated rings. The number of hydrazone groups is 1. The maximum atomic E-state index is 12.5. The number of likely N-dealkylation sites (tertiary alicyclic amines) is 1. The number of rotatable bonds is 6. The number of amides is 1. The van der Waals surface area contributed by atoms with Gasteiger partial charge in [0.1, 0.15) is 18.1 Å². The van der Waals surface area contributed by atoms with Crippen LogP contribution in [-0.4, -0.2) is 54.9 Å². The summed E-state index contributed by atoms with van der Waals surface area (Å²) in [6.45, 7) is 5.65. The van der Waals surface area contributed by atoms with Gasteiger partial charge in [-0.3, -0.25) is 9.69 Å². The molecule has 1 saturated heterocycles. The number of hydrogen-bond donors (Lipinski definition) is 0. The number of ether oxygens (including phenoxy) is 2. The zero-order valence-corrected chi connectivity index (χ0v) is 19.6. The fourth-order valence-corrected chi connectivity index (χ4v) is 5.46. The third-order valence-electron chi connectivity index (χ3n) is 7.19. The number of nitrogens with zero attached hydrogens (tertiary/aromatic N) is 3. The molecule has 0 bridgehead atoms. The van der Waals surface area contributed by atoms with Crippen LogP contribution >= 0.6 is 0 Å². The Morgan fingerprint density at radius 3 is 2.55 bits per heavy atom. The average Bonchev–Trinajstić information content (AvgIpc) is 3.25.